The molecule has 1 atom stereocenters. The second-order valence-corrected chi connectivity index (χ2v) is 9.10. The number of anilines is 1. The van der Waals surface area contributed by atoms with Gasteiger partial charge in [0.05, 0.1) is 10.9 Å². The van der Waals surface area contributed by atoms with Crippen molar-refractivity contribution in [3.63, 3.8) is 0 Å². The number of hydrogen-bond acceptors (Lipinski definition) is 4. The van der Waals surface area contributed by atoms with Crippen LogP contribution in [0.5, 0.6) is 0 Å². The molecule has 3 aromatic carbocycles. The number of carbonyl (C=O) groups is 1. The van der Waals surface area contributed by atoms with Gasteiger partial charge in [-0.2, -0.15) is 0 Å². The maximum Gasteiger partial charge on any atom is 0.261 e. The first kappa shape index (κ1) is 21.6. The van der Waals surface area contributed by atoms with Gasteiger partial charge in [0.25, 0.3) is 15.9 Å². The molecule has 0 aliphatic carbocycles. The van der Waals surface area contributed by atoms with E-state index in [9.17, 15) is 17.6 Å². The summed E-state index contributed by atoms with van der Waals surface area (Å²) in [6, 6.07) is 19.8. The van der Waals surface area contributed by atoms with Crippen molar-refractivity contribution < 1.29 is 22.0 Å². The summed E-state index contributed by atoms with van der Waals surface area (Å²) in [6.07, 6.45) is 0. The molecular weight excluding hydrogens is 431 g/mol. The van der Waals surface area contributed by atoms with Gasteiger partial charge in [0.15, 0.2) is 0 Å². The second kappa shape index (κ2) is 8.47. The zero-order chi connectivity index (χ0) is 22.9. The molecule has 4 rings (SSSR count). The number of carbonyl (C=O) groups excluding carboxylic acids is 1. The average Bonchev–Trinajstić information content (AvgIpc) is 3.23. The van der Waals surface area contributed by atoms with Crippen LogP contribution in [0.25, 0.3) is 11.0 Å². The first-order valence-electron chi connectivity index (χ1n) is 9.89. The molecule has 1 amide bonds. The molecule has 0 saturated heterocycles. The van der Waals surface area contributed by atoms with Crippen molar-refractivity contribution in [2.45, 2.75) is 17.9 Å². The Morgan fingerprint density at radius 3 is 2.44 bits per heavy atom. The first-order chi connectivity index (χ1) is 15.2. The molecule has 164 valence electrons. The summed E-state index contributed by atoms with van der Waals surface area (Å²) < 4.78 is 46.8. The van der Waals surface area contributed by atoms with Gasteiger partial charge in [-0.1, -0.05) is 24.3 Å². The molecule has 6 nitrogen and oxygen atoms in total. The second-order valence-electron chi connectivity index (χ2n) is 7.42. The van der Waals surface area contributed by atoms with E-state index in [1.54, 1.807) is 13.1 Å². The van der Waals surface area contributed by atoms with Crippen molar-refractivity contribution in [3.8, 4) is 0 Å². The smallest absolute Gasteiger partial charge is 0.261 e. The fourth-order valence-electron chi connectivity index (χ4n) is 3.31. The van der Waals surface area contributed by atoms with Gasteiger partial charge in [0.1, 0.15) is 17.2 Å². The van der Waals surface area contributed by atoms with Crippen molar-refractivity contribution in [3.05, 3.63) is 96.0 Å². The number of fused-ring (bicyclic) bond motifs is 1. The fourth-order valence-corrected chi connectivity index (χ4v) is 4.41. The third kappa shape index (κ3) is 4.36. The van der Waals surface area contributed by atoms with Crippen molar-refractivity contribution in [1.82, 2.24) is 4.90 Å². The van der Waals surface area contributed by atoms with Gasteiger partial charge in [-0.15, -0.1) is 0 Å². The van der Waals surface area contributed by atoms with E-state index in [-0.39, 0.29) is 28.1 Å². The third-order valence-corrected chi connectivity index (χ3v) is 6.62. The van der Waals surface area contributed by atoms with Crippen LogP contribution in [-0.4, -0.2) is 26.3 Å². The topological polar surface area (TPSA) is 79.6 Å². The van der Waals surface area contributed by atoms with Gasteiger partial charge in [-0.3, -0.25) is 9.52 Å². The normalized spacial score (nSPS) is 12.5. The molecule has 0 saturated carbocycles. The van der Waals surface area contributed by atoms with Gasteiger partial charge in [-0.05, 0) is 61.5 Å². The van der Waals surface area contributed by atoms with Crippen LogP contribution in [0.15, 0.2) is 88.2 Å². The number of rotatable bonds is 6. The summed E-state index contributed by atoms with van der Waals surface area (Å²) in [5.41, 5.74) is 1.17. The largest absolute Gasteiger partial charge is 0.459 e. The van der Waals surface area contributed by atoms with Crippen LogP contribution in [0.4, 0.5) is 10.1 Å². The molecular formula is C24H21FN2O4S. The molecule has 32 heavy (non-hydrogen) atoms. The Morgan fingerprint density at radius 1 is 1.00 bits per heavy atom. The maximum atomic E-state index is 13.1. The Bertz CT molecular complexity index is 1350. The summed E-state index contributed by atoms with van der Waals surface area (Å²) in [6.45, 7) is 1.84. The Balaban J connectivity index is 1.56. The highest BCUT2D eigenvalue weighted by atomic mass is 32.2. The summed E-state index contributed by atoms with van der Waals surface area (Å²) in [5.74, 6) is -0.192. The number of nitrogens with one attached hydrogen (secondary N) is 1. The quantitative estimate of drug-likeness (QED) is 0.436. The van der Waals surface area contributed by atoms with E-state index in [0.29, 0.717) is 5.76 Å². The Kier molecular flexibility index (Phi) is 5.71. The highest BCUT2D eigenvalue weighted by Gasteiger charge is 2.23. The standard InChI is InChI=1S/C24H21FN2O4S/c1-16(23-15-17-6-3-4-9-22(17)31-23)27(2)24(28)18-7-5-8-21(14-18)32(29,30)26-20-12-10-19(25)11-13-20/h3-16,26H,1-2H3. The predicted octanol–water partition coefficient (Wildman–Crippen LogP) is 5.21. The van der Waals surface area contributed by atoms with E-state index >= 15 is 0 Å². The fraction of sp³-hybridized carbons (Fsp3) is 0.125. The van der Waals surface area contributed by atoms with Crippen LogP contribution >= 0.6 is 0 Å². The van der Waals surface area contributed by atoms with Gasteiger partial charge in [0.2, 0.25) is 0 Å². The lowest BCUT2D eigenvalue weighted by Gasteiger charge is -2.23. The van der Waals surface area contributed by atoms with E-state index in [1.807, 2.05) is 37.3 Å². The minimum Gasteiger partial charge on any atom is -0.459 e. The molecule has 0 radical (unpaired) electrons. The third-order valence-electron chi connectivity index (χ3n) is 5.25. The molecule has 1 unspecified atom stereocenters. The number of benzene rings is 3. The Hall–Kier alpha value is -3.65. The zero-order valence-electron chi connectivity index (χ0n) is 17.4. The van der Waals surface area contributed by atoms with E-state index < -0.39 is 15.8 Å². The number of furan rings is 1. The van der Waals surface area contributed by atoms with Crippen molar-refractivity contribution in [2.75, 3.05) is 11.8 Å². The van der Waals surface area contributed by atoms with E-state index in [0.717, 1.165) is 23.1 Å². The van der Waals surface area contributed by atoms with Gasteiger partial charge < -0.3 is 9.32 Å². The lowest BCUT2D eigenvalue weighted by atomic mass is 10.1. The molecule has 4 aromatic rings. The molecule has 0 fully saturated rings. The van der Waals surface area contributed by atoms with Crippen LogP contribution in [0, 0.1) is 5.82 Å². The number of halogens is 1. The number of para-hydroxylation sites is 1. The number of amides is 1. The van der Waals surface area contributed by atoms with E-state index in [4.69, 9.17) is 4.42 Å². The summed E-state index contributed by atoms with van der Waals surface area (Å²) in [4.78, 5) is 14.5. The van der Waals surface area contributed by atoms with Crippen molar-refractivity contribution in [2.24, 2.45) is 0 Å². The van der Waals surface area contributed by atoms with Gasteiger partial charge in [0, 0.05) is 23.7 Å². The zero-order valence-corrected chi connectivity index (χ0v) is 18.3. The van der Waals surface area contributed by atoms with Gasteiger partial charge in [-0.25, -0.2) is 12.8 Å². The molecule has 8 heteroatoms. The molecule has 0 aliphatic heterocycles. The first-order valence-corrected chi connectivity index (χ1v) is 11.4. The van der Waals surface area contributed by atoms with Crippen molar-refractivity contribution >= 4 is 32.6 Å². The van der Waals surface area contributed by atoms with Crippen LogP contribution in [-0.2, 0) is 10.0 Å². The molecule has 0 spiro atoms. The average molecular weight is 453 g/mol. The predicted molar refractivity (Wildman–Crippen MR) is 120 cm³/mol. The molecule has 1 N–H and O–H groups in total. The highest BCUT2D eigenvalue weighted by Crippen LogP contribution is 2.28. The Labute approximate surface area is 185 Å². The van der Waals surface area contributed by atoms with Crippen LogP contribution in [0.2, 0.25) is 0 Å². The Morgan fingerprint density at radius 2 is 1.72 bits per heavy atom. The SMILES string of the molecule is CC(c1cc2ccccc2o1)N(C)C(=O)c1cccc(S(=O)(=O)Nc2ccc(F)cc2)c1. The monoisotopic (exact) mass is 452 g/mol. The van der Waals surface area contributed by atoms with Crippen molar-refractivity contribution in [1.29, 1.82) is 0 Å². The number of nitrogens with zero attached hydrogens (tertiary/aromatic N) is 1. The lowest BCUT2D eigenvalue weighted by Crippen LogP contribution is -2.29. The molecule has 0 aliphatic rings. The van der Waals surface area contributed by atoms with E-state index in [1.165, 1.54) is 35.2 Å². The summed E-state index contributed by atoms with van der Waals surface area (Å²) >= 11 is 0. The molecule has 1 aromatic heterocycles. The van der Waals surface area contributed by atoms with Crippen LogP contribution < -0.4 is 4.72 Å². The minimum atomic E-state index is -3.96. The summed E-state index contributed by atoms with van der Waals surface area (Å²) in [5, 5.41) is 0.940. The highest BCUT2D eigenvalue weighted by molar-refractivity contribution is 7.92. The number of sulfonamides is 1. The van der Waals surface area contributed by atoms with Crippen LogP contribution in [0.1, 0.15) is 29.1 Å². The van der Waals surface area contributed by atoms with E-state index in [2.05, 4.69) is 4.72 Å². The molecule has 1 heterocycles. The van der Waals surface area contributed by atoms with Gasteiger partial charge >= 0.3 is 0 Å². The van der Waals surface area contributed by atoms with Crippen LogP contribution in [0.3, 0.4) is 0 Å². The molecule has 0 bridgehead atoms. The minimum absolute atomic E-state index is 0.0718. The summed E-state index contributed by atoms with van der Waals surface area (Å²) in [7, 11) is -2.32. The lowest BCUT2D eigenvalue weighted by molar-refractivity contribution is 0.0727. The number of hydrogen-bond donors (Lipinski definition) is 1. The maximum absolute atomic E-state index is 13.1.